The molecule has 1 aliphatic rings. The molecular formula is C27H34ClN3O6S. The molecule has 0 unspecified atom stereocenters. The number of rotatable bonds is 11. The largest absolute Gasteiger partial charge is 0.493 e. The number of carbonyl (C=O) groups is 1. The molecule has 2 heterocycles. The first-order chi connectivity index (χ1) is 18.1. The number of halogens is 1. The minimum absolute atomic E-state index is 0. The van der Waals surface area contributed by atoms with Gasteiger partial charge in [0.1, 0.15) is 11.3 Å². The van der Waals surface area contributed by atoms with E-state index in [1.165, 1.54) is 11.3 Å². The Morgan fingerprint density at radius 2 is 1.82 bits per heavy atom. The minimum Gasteiger partial charge on any atom is -0.493 e. The van der Waals surface area contributed by atoms with Crippen molar-refractivity contribution in [3.05, 3.63) is 42.0 Å². The van der Waals surface area contributed by atoms with Crippen LogP contribution in [0.4, 0.5) is 5.13 Å². The van der Waals surface area contributed by atoms with E-state index in [2.05, 4.69) is 4.90 Å². The molecule has 0 atom stereocenters. The summed E-state index contributed by atoms with van der Waals surface area (Å²) in [4.78, 5) is 22.4. The van der Waals surface area contributed by atoms with Gasteiger partial charge in [0.15, 0.2) is 16.6 Å². The number of hydrogen-bond donors (Lipinski definition) is 0. The number of ether oxygens (including phenoxy) is 5. The lowest BCUT2D eigenvalue weighted by Gasteiger charge is -2.28. The van der Waals surface area contributed by atoms with E-state index in [0.29, 0.717) is 48.7 Å². The number of benzene rings is 2. The number of nitrogens with zero attached hydrogens (tertiary/aromatic N) is 3. The molecule has 38 heavy (non-hydrogen) atoms. The highest BCUT2D eigenvalue weighted by molar-refractivity contribution is 7.22. The summed E-state index contributed by atoms with van der Waals surface area (Å²) >= 11 is 1.48. The van der Waals surface area contributed by atoms with Crippen LogP contribution in [0.5, 0.6) is 23.0 Å². The molecule has 1 saturated heterocycles. The van der Waals surface area contributed by atoms with Gasteiger partial charge in [0.05, 0.1) is 45.8 Å². The molecule has 0 N–H and O–H groups in total. The van der Waals surface area contributed by atoms with Gasteiger partial charge in [-0.05, 0) is 42.8 Å². The van der Waals surface area contributed by atoms with Gasteiger partial charge in [0.25, 0.3) is 5.91 Å². The predicted octanol–water partition coefficient (Wildman–Crippen LogP) is 4.52. The number of para-hydroxylation sites is 1. The molecule has 0 saturated carbocycles. The predicted molar refractivity (Wildman–Crippen MR) is 153 cm³/mol. The van der Waals surface area contributed by atoms with E-state index in [4.69, 9.17) is 28.7 Å². The Kier molecular flexibility index (Phi) is 11.0. The molecular weight excluding hydrogens is 530 g/mol. The van der Waals surface area contributed by atoms with Crippen molar-refractivity contribution in [2.45, 2.75) is 6.92 Å². The van der Waals surface area contributed by atoms with Crippen LogP contribution in [0.1, 0.15) is 12.5 Å². The van der Waals surface area contributed by atoms with E-state index in [1.54, 1.807) is 50.5 Å². The monoisotopic (exact) mass is 563 g/mol. The second kappa shape index (κ2) is 14.2. The van der Waals surface area contributed by atoms with E-state index in [9.17, 15) is 4.79 Å². The molecule has 0 radical (unpaired) electrons. The van der Waals surface area contributed by atoms with Crippen LogP contribution < -0.4 is 23.8 Å². The van der Waals surface area contributed by atoms with Crippen molar-refractivity contribution in [1.82, 2.24) is 9.88 Å². The summed E-state index contributed by atoms with van der Waals surface area (Å²) in [7, 11) is 4.68. The van der Waals surface area contributed by atoms with Crippen LogP contribution in [0.15, 0.2) is 36.4 Å². The molecule has 9 nitrogen and oxygen atoms in total. The standard InChI is InChI=1S/C27H33N3O6S.ClH/c1-5-36-20-7-6-8-23-25(20)28-27(37-23)30(12-11-29-13-15-35-16-14-29)24(31)10-9-19-17-21(32-2)26(34-4)22(18-19)33-3;/h6-10,17-18H,5,11-16H2,1-4H3;1H/b10-9+;. The van der Waals surface area contributed by atoms with Gasteiger partial charge < -0.3 is 23.7 Å². The van der Waals surface area contributed by atoms with Gasteiger partial charge in [-0.2, -0.15) is 0 Å². The van der Waals surface area contributed by atoms with Crippen molar-refractivity contribution in [3.8, 4) is 23.0 Å². The number of amides is 1. The minimum atomic E-state index is -0.168. The third kappa shape index (κ3) is 6.87. The van der Waals surface area contributed by atoms with Crippen LogP contribution in [0.25, 0.3) is 16.3 Å². The lowest BCUT2D eigenvalue weighted by Crippen LogP contribution is -2.42. The van der Waals surface area contributed by atoms with Gasteiger partial charge in [-0.15, -0.1) is 12.4 Å². The smallest absolute Gasteiger partial charge is 0.252 e. The Hall–Kier alpha value is -3.05. The summed E-state index contributed by atoms with van der Waals surface area (Å²) in [5, 5.41) is 0.634. The van der Waals surface area contributed by atoms with Gasteiger partial charge in [-0.25, -0.2) is 4.98 Å². The van der Waals surface area contributed by atoms with Gasteiger partial charge in [-0.3, -0.25) is 14.6 Å². The Labute approximate surface area is 233 Å². The summed E-state index contributed by atoms with van der Waals surface area (Å²) in [5.74, 6) is 2.09. The molecule has 206 valence electrons. The van der Waals surface area contributed by atoms with Crippen LogP contribution in [0.2, 0.25) is 0 Å². The fourth-order valence-electron chi connectivity index (χ4n) is 4.12. The molecule has 2 aromatic carbocycles. The fraction of sp³-hybridized carbons (Fsp3) is 0.407. The summed E-state index contributed by atoms with van der Waals surface area (Å²) < 4.78 is 28.5. The van der Waals surface area contributed by atoms with E-state index in [-0.39, 0.29) is 18.3 Å². The first kappa shape index (κ1) is 29.5. The molecule has 1 amide bonds. The maximum Gasteiger partial charge on any atom is 0.252 e. The van der Waals surface area contributed by atoms with Crippen LogP contribution in [-0.2, 0) is 9.53 Å². The number of hydrogen-bond acceptors (Lipinski definition) is 9. The first-order valence-corrected chi connectivity index (χ1v) is 13.0. The zero-order valence-electron chi connectivity index (χ0n) is 22.1. The molecule has 1 fully saturated rings. The fourth-order valence-corrected chi connectivity index (χ4v) is 5.13. The average molecular weight is 564 g/mol. The molecule has 11 heteroatoms. The van der Waals surface area contributed by atoms with Crippen molar-refractivity contribution in [2.75, 3.05) is 72.2 Å². The summed E-state index contributed by atoms with van der Waals surface area (Å²) in [6.07, 6.45) is 3.29. The molecule has 0 aliphatic carbocycles. The Morgan fingerprint density at radius 3 is 2.45 bits per heavy atom. The van der Waals surface area contributed by atoms with Crippen LogP contribution in [0, 0.1) is 0 Å². The zero-order valence-corrected chi connectivity index (χ0v) is 23.7. The number of morpholine rings is 1. The zero-order chi connectivity index (χ0) is 26.2. The Balaban J connectivity index is 0.00000400. The number of anilines is 1. The number of thiazole rings is 1. The van der Waals surface area contributed by atoms with Gasteiger partial charge in [0.2, 0.25) is 5.75 Å². The third-order valence-electron chi connectivity index (χ3n) is 6.02. The highest BCUT2D eigenvalue weighted by Crippen LogP contribution is 2.39. The van der Waals surface area contributed by atoms with E-state index in [1.807, 2.05) is 25.1 Å². The van der Waals surface area contributed by atoms with Crippen LogP contribution >= 0.6 is 23.7 Å². The van der Waals surface area contributed by atoms with Crippen molar-refractivity contribution in [2.24, 2.45) is 0 Å². The maximum atomic E-state index is 13.6. The van der Waals surface area contributed by atoms with Gasteiger partial charge >= 0.3 is 0 Å². The lowest BCUT2D eigenvalue weighted by atomic mass is 10.1. The van der Waals surface area contributed by atoms with Crippen molar-refractivity contribution in [1.29, 1.82) is 0 Å². The molecule has 0 spiro atoms. The molecule has 1 aromatic heterocycles. The average Bonchev–Trinajstić information content (AvgIpc) is 3.37. The van der Waals surface area contributed by atoms with E-state index in [0.717, 1.165) is 41.2 Å². The lowest BCUT2D eigenvalue weighted by molar-refractivity contribution is -0.114. The SMILES string of the molecule is CCOc1cccc2sc(N(CCN3CCOCC3)C(=O)/C=C/c3cc(OC)c(OC)c(OC)c3)nc12.Cl. The number of fused-ring (bicyclic) bond motifs is 1. The van der Waals surface area contributed by atoms with E-state index >= 15 is 0 Å². The summed E-state index contributed by atoms with van der Waals surface area (Å²) in [6.45, 7) is 6.81. The second-order valence-electron chi connectivity index (χ2n) is 8.27. The third-order valence-corrected chi connectivity index (χ3v) is 7.06. The second-order valence-corrected chi connectivity index (χ2v) is 9.28. The van der Waals surface area contributed by atoms with Gasteiger partial charge in [-0.1, -0.05) is 17.4 Å². The van der Waals surface area contributed by atoms with Crippen molar-refractivity contribution >= 4 is 51.1 Å². The highest BCUT2D eigenvalue weighted by Gasteiger charge is 2.21. The topological polar surface area (TPSA) is 82.6 Å². The molecule has 0 bridgehead atoms. The number of aromatic nitrogens is 1. The molecule has 1 aliphatic heterocycles. The van der Waals surface area contributed by atoms with Crippen LogP contribution in [-0.4, -0.2) is 83.1 Å². The van der Waals surface area contributed by atoms with Crippen molar-refractivity contribution < 1.29 is 28.5 Å². The van der Waals surface area contributed by atoms with E-state index < -0.39 is 0 Å². The number of carbonyl (C=O) groups excluding carboxylic acids is 1. The van der Waals surface area contributed by atoms with Gasteiger partial charge in [0, 0.05) is 32.3 Å². The number of methoxy groups -OCH3 is 3. The quantitative estimate of drug-likeness (QED) is 0.315. The van der Waals surface area contributed by atoms with Crippen molar-refractivity contribution in [3.63, 3.8) is 0 Å². The first-order valence-electron chi connectivity index (χ1n) is 12.2. The summed E-state index contributed by atoms with van der Waals surface area (Å²) in [5.41, 5.74) is 1.51. The molecule has 3 aromatic rings. The Morgan fingerprint density at radius 1 is 1.11 bits per heavy atom. The van der Waals surface area contributed by atoms with Crippen LogP contribution in [0.3, 0.4) is 0 Å². The highest BCUT2D eigenvalue weighted by atomic mass is 35.5. The summed E-state index contributed by atoms with van der Waals surface area (Å²) in [6, 6.07) is 9.44. The Bertz CT molecular complexity index is 1220. The molecule has 4 rings (SSSR count). The normalized spacial score (nSPS) is 13.8. The maximum absolute atomic E-state index is 13.6.